The van der Waals surface area contributed by atoms with Gasteiger partial charge in [0.1, 0.15) is 0 Å². The van der Waals surface area contributed by atoms with Gasteiger partial charge in [0.15, 0.2) is 0 Å². The molecule has 0 radical (unpaired) electrons. The fraction of sp³-hybridized carbons (Fsp3) is 0.600. The molecule has 1 aromatic carbocycles. The first-order valence-electron chi connectivity index (χ1n) is 7.09. The first kappa shape index (κ1) is 15.3. The van der Waals surface area contributed by atoms with E-state index in [-0.39, 0.29) is 11.1 Å². The van der Waals surface area contributed by atoms with Crippen molar-refractivity contribution in [2.45, 2.75) is 39.0 Å². The number of rotatable bonds is 4. The third-order valence-corrected chi connectivity index (χ3v) is 4.78. The van der Waals surface area contributed by atoms with Crippen LogP contribution in [0.25, 0.3) is 0 Å². The van der Waals surface area contributed by atoms with Gasteiger partial charge in [-0.15, -0.1) is 0 Å². The molecule has 0 saturated heterocycles. The molecule has 110 valence electrons. The maximum absolute atomic E-state index is 10.7. The highest BCUT2D eigenvalue weighted by Crippen LogP contribution is 2.42. The molecule has 1 aromatic rings. The molecular formula is C15H21ClN2O2. The summed E-state index contributed by atoms with van der Waals surface area (Å²) in [6.07, 6.45) is 5.49. The molecule has 0 spiro atoms. The number of nitro groups is 1. The highest BCUT2D eigenvalue weighted by atomic mass is 35.5. The Morgan fingerprint density at radius 2 is 2.30 bits per heavy atom. The van der Waals surface area contributed by atoms with E-state index in [1.54, 1.807) is 6.07 Å². The Balaban J connectivity index is 2.21. The highest BCUT2D eigenvalue weighted by Gasteiger charge is 2.34. The molecule has 2 atom stereocenters. The van der Waals surface area contributed by atoms with Crippen LogP contribution in [0.5, 0.6) is 0 Å². The molecule has 0 bridgehead atoms. The highest BCUT2D eigenvalue weighted by molar-refractivity contribution is 6.31. The third-order valence-electron chi connectivity index (χ3n) is 4.43. The van der Waals surface area contributed by atoms with Gasteiger partial charge in [-0.25, -0.2) is 0 Å². The number of nitro benzene ring substituents is 1. The van der Waals surface area contributed by atoms with Crippen LogP contribution in [0.4, 0.5) is 5.69 Å². The van der Waals surface area contributed by atoms with Crippen LogP contribution < -0.4 is 5.73 Å². The van der Waals surface area contributed by atoms with Crippen LogP contribution in [0, 0.1) is 21.4 Å². The number of benzene rings is 1. The van der Waals surface area contributed by atoms with E-state index in [2.05, 4.69) is 6.92 Å². The fourth-order valence-corrected chi connectivity index (χ4v) is 3.63. The molecule has 0 aliphatic heterocycles. The lowest BCUT2D eigenvalue weighted by Crippen LogP contribution is -2.37. The number of nitrogens with zero attached hydrogens (tertiary/aromatic N) is 1. The van der Waals surface area contributed by atoms with Crippen LogP contribution in [0.2, 0.25) is 5.02 Å². The summed E-state index contributed by atoms with van der Waals surface area (Å²) in [4.78, 5) is 10.3. The second-order valence-corrected chi connectivity index (χ2v) is 6.52. The first-order valence-corrected chi connectivity index (χ1v) is 7.46. The van der Waals surface area contributed by atoms with Crippen LogP contribution >= 0.6 is 11.6 Å². The molecule has 1 saturated carbocycles. The van der Waals surface area contributed by atoms with Crippen molar-refractivity contribution >= 4 is 17.3 Å². The van der Waals surface area contributed by atoms with Gasteiger partial charge in [-0.05, 0) is 42.7 Å². The van der Waals surface area contributed by atoms with Crippen molar-refractivity contribution in [2.75, 3.05) is 6.54 Å². The molecule has 2 unspecified atom stereocenters. The van der Waals surface area contributed by atoms with Crippen molar-refractivity contribution in [1.29, 1.82) is 0 Å². The number of hydrogen-bond acceptors (Lipinski definition) is 3. The van der Waals surface area contributed by atoms with Crippen molar-refractivity contribution in [1.82, 2.24) is 0 Å². The van der Waals surface area contributed by atoms with Gasteiger partial charge < -0.3 is 5.73 Å². The number of non-ortho nitro benzene ring substituents is 1. The summed E-state index contributed by atoms with van der Waals surface area (Å²) in [7, 11) is 0. The molecule has 0 amide bonds. The van der Waals surface area contributed by atoms with E-state index in [1.165, 1.54) is 25.0 Å². The standard InChI is InChI=1S/C15H21ClN2O2/c1-11-3-2-6-15(8-11,10-17)9-12-4-5-13(18(19)20)7-14(12)16/h4-5,7,11H,2-3,6,8-10,17H2,1H3. The van der Waals surface area contributed by atoms with Gasteiger partial charge in [0.25, 0.3) is 5.69 Å². The minimum Gasteiger partial charge on any atom is -0.330 e. The zero-order valence-electron chi connectivity index (χ0n) is 11.8. The molecule has 1 fully saturated rings. The van der Waals surface area contributed by atoms with Crippen molar-refractivity contribution in [3.63, 3.8) is 0 Å². The van der Waals surface area contributed by atoms with Gasteiger partial charge in [-0.1, -0.05) is 37.4 Å². The first-order chi connectivity index (χ1) is 9.46. The van der Waals surface area contributed by atoms with E-state index >= 15 is 0 Å². The second-order valence-electron chi connectivity index (χ2n) is 6.12. The zero-order chi connectivity index (χ0) is 14.8. The molecule has 20 heavy (non-hydrogen) atoms. The van der Waals surface area contributed by atoms with Gasteiger partial charge in [-0.2, -0.15) is 0 Å². The summed E-state index contributed by atoms with van der Waals surface area (Å²) >= 11 is 6.20. The minimum atomic E-state index is -0.420. The summed E-state index contributed by atoms with van der Waals surface area (Å²) in [5.41, 5.74) is 7.13. The smallest absolute Gasteiger partial charge is 0.270 e. The molecular weight excluding hydrogens is 276 g/mol. The van der Waals surface area contributed by atoms with Gasteiger partial charge in [-0.3, -0.25) is 10.1 Å². The predicted molar refractivity (Wildman–Crippen MR) is 80.9 cm³/mol. The lowest BCUT2D eigenvalue weighted by molar-refractivity contribution is -0.384. The van der Waals surface area contributed by atoms with Crippen LogP contribution in [0.15, 0.2) is 18.2 Å². The largest absolute Gasteiger partial charge is 0.330 e. The third kappa shape index (κ3) is 3.30. The Labute approximate surface area is 124 Å². The van der Waals surface area contributed by atoms with E-state index < -0.39 is 4.92 Å². The second kappa shape index (κ2) is 6.10. The Morgan fingerprint density at radius 1 is 1.55 bits per heavy atom. The number of hydrogen-bond donors (Lipinski definition) is 1. The maximum atomic E-state index is 10.7. The van der Waals surface area contributed by atoms with E-state index in [1.807, 2.05) is 0 Å². The van der Waals surface area contributed by atoms with Crippen LogP contribution in [0.3, 0.4) is 0 Å². The molecule has 5 heteroatoms. The van der Waals surface area contributed by atoms with Crippen LogP contribution in [-0.2, 0) is 6.42 Å². The monoisotopic (exact) mass is 296 g/mol. The topological polar surface area (TPSA) is 69.2 Å². The quantitative estimate of drug-likeness (QED) is 0.675. The Morgan fingerprint density at radius 3 is 2.85 bits per heavy atom. The molecule has 1 aliphatic rings. The van der Waals surface area contributed by atoms with Crippen molar-refractivity contribution in [2.24, 2.45) is 17.1 Å². The lowest BCUT2D eigenvalue weighted by atomic mass is 9.67. The summed E-state index contributed by atoms with van der Waals surface area (Å²) in [5, 5.41) is 11.2. The predicted octanol–water partition coefficient (Wildman–Crippen LogP) is 3.95. The van der Waals surface area contributed by atoms with Crippen molar-refractivity contribution < 1.29 is 4.92 Å². The van der Waals surface area contributed by atoms with Crippen molar-refractivity contribution in [3.05, 3.63) is 38.9 Å². The zero-order valence-corrected chi connectivity index (χ0v) is 12.5. The van der Waals surface area contributed by atoms with Crippen molar-refractivity contribution in [3.8, 4) is 0 Å². The SMILES string of the molecule is CC1CCCC(CN)(Cc2ccc([N+](=O)[O-])cc2Cl)C1. The fourth-order valence-electron chi connectivity index (χ4n) is 3.38. The summed E-state index contributed by atoms with van der Waals surface area (Å²) in [5.74, 6) is 0.684. The van der Waals surface area contributed by atoms with E-state index in [0.29, 0.717) is 17.5 Å². The Hall–Kier alpha value is -1.13. The average molecular weight is 297 g/mol. The molecule has 0 aromatic heterocycles. The van der Waals surface area contributed by atoms with Gasteiger partial charge in [0.05, 0.1) is 9.95 Å². The average Bonchev–Trinajstić information content (AvgIpc) is 2.41. The van der Waals surface area contributed by atoms with Gasteiger partial charge >= 0.3 is 0 Å². The summed E-state index contributed by atoms with van der Waals surface area (Å²) in [6, 6.07) is 4.74. The summed E-state index contributed by atoms with van der Waals surface area (Å²) in [6.45, 7) is 2.91. The Kier molecular flexibility index (Phi) is 4.66. The Bertz CT molecular complexity index is 507. The number of halogens is 1. The molecule has 2 N–H and O–H groups in total. The number of nitrogens with two attached hydrogens (primary N) is 1. The van der Waals surface area contributed by atoms with E-state index in [4.69, 9.17) is 17.3 Å². The molecule has 2 rings (SSSR count). The van der Waals surface area contributed by atoms with E-state index in [9.17, 15) is 10.1 Å². The van der Waals surface area contributed by atoms with Crippen LogP contribution in [-0.4, -0.2) is 11.5 Å². The normalized spacial score (nSPS) is 26.4. The summed E-state index contributed by atoms with van der Waals surface area (Å²) < 4.78 is 0. The van der Waals surface area contributed by atoms with Crippen LogP contribution in [0.1, 0.15) is 38.2 Å². The minimum absolute atomic E-state index is 0.0394. The molecule has 0 heterocycles. The molecule has 4 nitrogen and oxygen atoms in total. The lowest BCUT2D eigenvalue weighted by Gasteiger charge is -2.39. The van der Waals surface area contributed by atoms with Gasteiger partial charge in [0, 0.05) is 12.1 Å². The molecule has 1 aliphatic carbocycles. The maximum Gasteiger partial charge on any atom is 0.270 e. The van der Waals surface area contributed by atoms with Gasteiger partial charge in [0.2, 0.25) is 0 Å². The van der Waals surface area contributed by atoms with E-state index in [0.717, 1.165) is 24.8 Å².